The third-order valence-corrected chi connectivity index (χ3v) is 4.77. The second-order valence-corrected chi connectivity index (χ2v) is 7.02. The maximum absolute atomic E-state index is 12.2. The highest BCUT2D eigenvalue weighted by atomic mass is 79.9. The molecule has 120 valence electrons. The fraction of sp³-hybridized carbons (Fsp3) is 0.308. The highest BCUT2D eigenvalue weighted by molar-refractivity contribution is 9.10. The molecule has 1 aromatic carbocycles. The van der Waals surface area contributed by atoms with Gasteiger partial charge >= 0.3 is 0 Å². The van der Waals surface area contributed by atoms with Gasteiger partial charge in [0, 0.05) is 18.8 Å². The fourth-order valence-electron chi connectivity index (χ4n) is 1.82. The Morgan fingerprint density at radius 3 is 2.59 bits per heavy atom. The van der Waals surface area contributed by atoms with Crippen molar-refractivity contribution in [2.24, 2.45) is 0 Å². The molecule has 0 saturated heterocycles. The van der Waals surface area contributed by atoms with E-state index in [1.54, 1.807) is 23.1 Å². The zero-order valence-corrected chi connectivity index (χ0v) is 14.5. The first kappa shape index (κ1) is 16.8. The molecule has 2 rings (SSSR count). The number of sulfonamides is 1. The van der Waals surface area contributed by atoms with E-state index in [2.05, 4.69) is 25.8 Å². The summed E-state index contributed by atoms with van der Waals surface area (Å²) in [6.07, 6.45) is 3.41. The summed E-state index contributed by atoms with van der Waals surface area (Å²) in [4.78, 5) is 0.117. The number of nitrogens with one attached hydrogen (secondary N) is 1. The van der Waals surface area contributed by atoms with Crippen molar-refractivity contribution in [2.75, 3.05) is 20.8 Å². The number of rotatable bonds is 7. The molecule has 0 amide bonds. The van der Waals surface area contributed by atoms with Crippen molar-refractivity contribution in [3.63, 3.8) is 0 Å². The lowest BCUT2D eigenvalue weighted by molar-refractivity contribution is 0.354. The van der Waals surface area contributed by atoms with Gasteiger partial charge in [0.25, 0.3) is 0 Å². The molecule has 0 atom stereocenters. The molecule has 1 heterocycles. The lowest BCUT2D eigenvalue weighted by Gasteiger charge is -2.11. The third kappa shape index (κ3) is 3.99. The Morgan fingerprint density at radius 1 is 1.27 bits per heavy atom. The molecule has 0 radical (unpaired) electrons. The van der Waals surface area contributed by atoms with Crippen LogP contribution in [0.2, 0.25) is 0 Å². The van der Waals surface area contributed by atoms with Gasteiger partial charge in [-0.2, -0.15) is 5.10 Å². The molecule has 1 N–H and O–H groups in total. The lowest BCUT2D eigenvalue weighted by atomic mass is 10.3. The zero-order valence-electron chi connectivity index (χ0n) is 12.1. The summed E-state index contributed by atoms with van der Waals surface area (Å²) in [6, 6.07) is 4.44. The van der Waals surface area contributed by atoms with Crippen molar-refractivity contribution in [1.29, 1.82) is 0 Å². The molecule has 7 nitrogen and oxygen atoms in total. The van der Waals surface area contributed by atoms with Crippen LogP contribution in [0.25, 0.3) is 0 Å². The van der Waals surface area contributed by atoms with Crippen molar-refractivity contribution in [3.8, 4) is 11.5 Å². The molecule has 1 aromatic heterocycles. The maximum Gasteiger partial charge on any atom is 0.240 e. The normalized spacial score (nSPS) is 11.4. The maximum atomic E-state index is 12.2. The Kier molecular flexibility index (Phi) is 5.43. The number of halogens is 1. The van der Waals surface area contributed by atoms with E-state index in [0.717, 1.165) is 4.47 Å². The summed E-state index contributed by atoms with van der Waals surface area (Å²) in [6.45, 7) is 0.656. The average molecular weight is 390 g/mol. The molecule has 0 unspecified atom stereocenters. The number of ether oxygens (including phenoxy) is 2. The van der Waals surface area contributed by atoms with Crippen LogP contribution in [0.3, 0.4) is 0 Å². The van der Waals surface area contributed by atoms with E-state index in [0.29, 0.717) is 18.0 Å². The molecule has 0 aliphatic carbocycles. The zero-order chi connectivity index (χ0) is 16.2. The van der Waals surface area contributed by atoms with Gasteiger partial charge in [0.2, 0.25) is 10.0 Å². The van der Waals surface area contributed by atoms with Crippen LogP contribution < -0.4 is 14.2 Å². The summed E-state index contributed by atoms with van der Waals surface area (Å²) in [5.41, 5.74) is 0. The summed E-state index contributed by atoms with van der Waals surface area (Å²) in [7, 11) is -0.671. The predicted octanol–water partition coefficient (Wildman–Crippen LogP) is 1.64. The average Bonchev–Trinajstić information content (AvgIpc) is 2.91. The van der Waals surface area contributed by atoms with E-state index in [1.807, 2.05) is 0 Å². The molecule has 0 spiro atoms. The van der Waals surface area contributed by atoms with Crippen molar-refractivity contribution in [3.05, 3.63) is 35.1 Å². The van der Waals surface area contributed by atoms with Crippen LogP contribution in [0.4, 0.5) is 0 Å². The van der Waals surface area contributed by atoms with Crippen LogP contribution in [-0.4, -0.2) is 39.0 Å². The number of nitrogens with zero attached hydrogens (tertiary/aromatic N) is 2. The number of methoxy groups -OCH3 is 2. The van der Waals surface area contributed by atoms with E-state index in [1.165, 1.54) is 26.4 Å². The molecule has 22 heavy (non-hydrogen) atoms. The quantitative estimate of drug-likeness (QED) is 0.778. The molecule has 0 fully saturated rings. The Hall–Kier alpha value is -1.58. The minimum Gasteiger partial charge on any atom is -0.493 e. The Bertz CT molecular complexity index is 745. The largest absolute Gasteiger partial charge is 0.493 e. The molecule has 0 bridgehead atoms. The summed E-state index contributed by atoms with van der Waals surface area (Å²) in [5, 5.41) is 4.06. The minimum atomic E-state index is -3.62. The summed E-state index contributed by atoms with van der Waals surface area (Å²) in [5.74, 6) is 0.837. The summed E-state index contributed by atoms with van der Waals surface area (Å²) >= 11 is 3.28. The predicted molar refractivity (Wildman–Crippen MR) is 84.7 cm³/mol. The van der Waals surface area contributed by atoms with Gasteiger partial charge in [0.05, 0.1) is 36.3 Å². The van der Waals surface area contributed by atoms with Gasteiger partial charge < -0.3 is 9.47 Å². The molecule has 0 saturated carbocycles. The van der Waals surface area contributed by atoms with E-state index in [-0.39, 0.29) is 11.4 Å². The van der Waals surface area contributed by atoms with E-state index < -0.39 is 10.0 Å². The van der Waals surface area contributed by atoms with Crippen molar-refractivity contribution in [1.82, 2.24) is 14.5 Å². The van der Waals surface area contributed by atoms with Crippen LogP contribution in [0.1, 0.15) is 0 Å². The monoisotopic (exact) mass is 389 g/mol. The Labute approximate surface area is 137 Å². The Morgan fingerprint density at radius 2 is 2.00 bits per heavy atom. The van der Waals surface area contributed by atoms with Crippen LogP contribution in [0.5, 0.6) is 11.5 Å². The van der Waals surface area contributed by atoms with Gasteiger partial charge in [-0.05, 0) is 28.1 Å². The highest BCUT2D eigenvalue weighted by Crippen LogP contribution is 2.29. The molecule has 9 heteroatoms. The smallest absolute Gasteiger partial charge is 0.240 e. The number of hydrogen-bond acceptors (Lipinski definition) is 5. The van der Waals surface area contributed by atoms with Gasteiger partial charge in [-0.3, -0.25) is 4.68 Å². The fourth-order valence-corrected chi connectivity index (χ4v) is 3.19. The van der Waals surface area contributed by atoms with Gasteiger partial charge in [0.1, 0.15) is 0 Å². The van der Waals surface area contributed by atoms with Gasteiger partial charge in [0.15, 0.2) is 11.5 Å². The van der Waals surface area contributed by atoms with Crippen molar-refractivity contribution < 1.29 is 17.9 Å². The van der Waals surface area contributed by atoms with E-state index >= 15 is 0 Å². The number of benzene rings is 1. The molecular formula is C13H16BrN3O4S. The molecule has 2 aromatic rings. The second kappa shape index (κ2) is 7.12. The van der Waals surface area contributed by atoms with Gasteiger partial charge in [-0.1, -0.05) is 0 Å². The van der Waals surface area contributed by atoms with Gasteiger partial charge in [-0.15, -0.1) is 0 Å². The van der Waals surface area contributed by atoms with Crippen LogP contribution in [0, 0.1) is 0 Å². The number of hydrogen-bond donors (Lipinski definition) is 1. The third-order valence-electron chi connectivity index (χ3n) is 2.90. The highest BCUT2D eigenvalue weighted by Gasteiger charge is 2.16. The topological polar surface area (TPSA) is 82.5 Å². The van der Waals surface area contributed by atoms with Crippen LogP contribution in [0.15, 0.2) is 40.0 Å². The van der Waals surface area contributed by atoms with Gasteiger partial charge in [-0.25, -0.2) is 13.1 Å². The molecule has 0 aliphatic rings. The molecule has 0 aliphatic heterocycles. The summed E-state index contributed by atoms with van der Waals surface area (Å²) < 4.78 is 39.7. The Balaban J connectivity index is 2.06. The molecular weight excluding hydrogens is 374 g/mol. The first-order valence-electron chi connectivity index (χ1n) is 6.36. The lowest BCUT2D eigenvalue weighted by Crippen LogP contribution is -2.27. The van der Waals surface area contributed by atoms with Crippen LogP contribution >= 0.6 is 15.9 Å². The number of aromatic nitrogens is 2. The van der Waals surface area contributed by atoms with E-state index in [4.69, 9.17) is 9.47 Å². The van der Waals surface area contributed by atoms with Crippen molar-refractivity contribution >= 4 is 26.0 Å². The van der Waals surface area contributed by atoms with Crippen molar-refractivity contribution in [2.45, 2.75) is 11.4 Å². The standard InChI is InChI=1S/C13H16BrN3O4S/c1-20-12-4-3-11(7-13(12)21-2)22(18,19)16-5-6-17-9-10(14)8-15-17/h3-4,7-9,16H,5-6H2,1-2H3. The SMILES string of the molecule is COc1ccc(S(=O)(=O)NCCn2cc(Br)cn2)cc1OC. The first-order chi connectivity index (χ1) is 10.5. The van der Waals surface area contributed by atoms with E-state index in [9.17, 15) is 8.42 Å². The first-order valence-corrected chi connectivity index (χ1v) is 8.63. The van der Waals surface area contributed by atoms with Crippen LogP contribution in [-0.2, 0) is 16.6 Å². The minimum absolute atomic E-state index is 0.117. The second-order valence-electron chi connectivity index (χ2n) is 4.34.